The van der Waals surface area contributed by atoms with E-state index in [4.69, 9.17) is 10.3 Å². The molecule has 0 aliphatic carbocycles. The number of halogens is 1. The zero-order valence-electron chi connectivity index (χ0n) is 9.83. The van der Waals surface area contributed by atoms with Gasteiger partial charge in [-0.15, -0.1) is 0 Å². The molecule has 0 bridgehead atoms. The second-order valence-corrected chi connectivity index (χ2v) is 4.95. The third-order valence-electron chi connectivity index (χ3n) is 2.81. The predicted octanol–water partition coefficient (Wildman–Crippen LogP) is 3.21. The molecule has 2 rings (SSSR count). The molecular formula is C13H15BrN2O. The molecule has 1 aromatic heterocycles. The van der Waals surface area contributed by atoms with Crippen molar-refractivity contribution < 1.29 is 4.42 Å². The Morgan fingerprint density at radius 2 is 2.06 bits per heavy atom. The minimum atomic E-state index is -0.139. The molecule has 0 radical (unpaired) electrons. The van der Waals surface area contributed by atoms with Crippen LogP contribution in [0.15, 0.2) is 39.4 Å². The highest BCUT2D eigenvalue weighted by atomic mass is 79.9. The van der Waals surface area contributed by atoms with E-state index >= 15 is 0 Å². The number of benzene rings is 1. The van der Waals surface area contributed by atoms with Crippen molar-refractivity contribution in [2.75, 3.05) is 0 Å². The Morgan fingerprint density at radius 1 is 1.29 bits per heavy atom. The molecule has 1 atom stereocenters. The van der Waals surface area contributed by atoms with E-state index in [9.17, 15) is 0 Å². The van der Waals surface area contributed by atoms with E-state index in [0.29, 0.717) is 0 Å². The molecule has 0 aliphatic rings. The molecule has 2 aromatic rings. The van der Waals surface area contributed by atoms with Crippen LogP contribution in [-0.4, -0.2) is 0 Å². The van der Waals surface area contributed by atoms with Gasteiger partial charge in [-0.25, -0.2) is 5.43 Å². The average Bonchev–Trinajstić information content (AvgIpc) is 2.69. The monoisotopic (exact) mass is 294 g/mol. The average molecular weight is 295 g/mol. The van der Waals surface area contributed by atoms with Gasteiger partial charge in [-0.1, -0.05) is 23.8 Å². The van der Waals surface area contributed by atoms with Crippen LogP contribution >= 0.6 is 15.9 Å². The maximum Gasteiger partial charge on any atom is 0.140 e. The number of nitrogens with one attached hydrogen (secondary N) is 1. The first-order valence-electron chi connectivity index (χ1n) is 5.39. The lowest BCUT2D eigenvalue weighted by molar-refractivity contribution is 0.449. The summed E-state index contributed by atoms with van der Waals surface area (Å²) in [4.78, 5) is 0. The van der Waals surface area contributed by atoms with Crippen molar-refractivity contribution in [1.29, 1.82) is 0 Å². The fourth-order valence-electron chi connectivity index (χ4n) is 1.97. The van der Waals surface area contributed by atoms with Gasteiger partial charge in [-0.05, 0) is 47.0 Å². The molecule has 3 nitrogen and oxygen atoms in total. The fraction of sp³-hybridized carbons (Fsp3) is 0.231. The van der Waals surface area contributed by atoms with E-state index < -0.39 is 0 Å². The van der Waals surface area contributed by atoms with Crippen LogP contribution in [0.4, 0.5) is 0 Å². The van der Waals surface area contributed by atoms with Gasteiger partial charge in [-0.2, -0.15) is 0 Å². The lowest BCUT2D eigenvalue weighted by atomic mass is 9.98. The summed E-state index contributed by atoms with van der Waals surface area (Å²) < 4.78 is 6.38. The third-order valence-corrected chi connectivity index (χ3v) is 3.47. The van der Waals surface area contributed by atoms with Crippen molar-refractivity contribution in [2.45, 2.75) is 19.9 Å². The summed E-state index contributed by atoms with van der Waals surface area (Å²) in [5.74, 6) is 6.43. The van der Waals surface area contributed by atoms with E-state index in [0.717, 1.165) is 15.8 Å². The van der Waals surface area contributed by atoms with Gasteiger partial charge in [0.15, 0.2) is 0 Å². The standard InChI is InChI=1S/C13H15BrN2O/c1-8-3-4-10(9(2)7-8)12(16-15)13-11(14)5-6-17-13/h3-7,12,16H,15H2,1-2H3. The summed E-state index contributed by atoms with van der Waals surface area (Å²) >= 11 is 3.45. The third kappa shape index (κ3) is 2.44. The molecule has 1 heterocycles. The maximum atomic E-state index is 5.64. The van der Waals surface area contributed by atoms with Gasteiger partial charge < -0.3 is 4.42 Å². The molecule has 1 aromatic carbocycles. The molecule has 3 N–H and O–H groups in total. The van der Waals surface area contributed by atoms with Gasteiger partial charge in [0.2, 0.25) is 0 Å². The summed E-state index contributed by atoms with van der Waals surface area (Å²) in [6.45, 7) is 4.15. The largest absolute Gasteiger partial charge is 0.466 e. The number of nitrogens with two attached hydrogens (primary N) is 1. The van der Waals surface area contributed by atoms with Crippen LogP contribution in [0.2, 0.25) is 0 Å². The molecule has 17 heavy (non-hydrogen) atoms. The summed E-state index contributed by atoms with van der Waals surface area (Å²) in [5, 5.41) is 0. The second-order valence-electron chi connectivity index (χ2n) is 4.09. The molecular weight excluding hydrogens is 280 g/mol. The summed E-state index contributed by atoms with van der Waals surface area (Å²) in [7, 11) is 0. The molecule has 90 valence electrons. The van der Waals surface area contributed by atoms with Crippen molar-refractivity contribution in [3.05, 3.63) is 57.5 Å². The minimum Gasteiger partial charge on any atom is -0.466 e. The molecule has 0 saturated carbocycles. The van der Waals surface area contributed by atoms with E-state index in [1.54, 1.807) is 6.26 Å². The Labute approximate surface area is 109 Å². The Kier molecular flexibility index (Phi) is 3.66. The highest BCUT2D eigenvalue weighted by Crippen LogP contribution is 2.30. The Morgan fingerprint density at radius 3 is 2.59 bits per heavy atom. The maximum absolute atomic E-state index is 5.64. The quantitative estimate of drug-likeness (QED) is 0.675. The first kappa shape index (κ1) is 12.4. The van der Waals surface area contributed by atoms with E-state index in [2.05, 4.69) is 53.4 Å². The first-order chi connectivity index (χ1) is 8.13. The lowest BCUT2D eigenvalue weighted by Gasteiger charge is -2.17. The van der Waals surface area contributed by atoms with Crippen LogP contribution in [0.1, 0.15) is 28.5 Å². The summed E-state index contributed by atoms with van der Waals surface area (Å²) in [5.41, 5.74) is 6.34. The highest BCUT2D eigenvalue weighted by Gasteiger charge is 2.20. The number of hydrogen-bond donors (Lipinski definition) is 2. The fourth-order valence-corrected chi connectivity index (χ4v) is 2.40. The highest BCUT2D eigenvalue weighted by molar-refractivity contribution is 9.10. The normalized spacial score (nSPS) is 12.7. The van der Waals surface area contributed by atoms with Crippen molar-refractivity contribution in [2.24, 2.45) is 5.84 Å². The van der Waals surface area contributed by atoms with Gasteiger partial charge >= 0.3 is 0 Å². The van der Waals surface area contributed by atoms with E-state index in [1.807, 2.05) is 6.07 Å². The number of hydrazine groups is 1. The van der Waals surface area contributed by atoms with Gasteiger partial charge in [0.25, 0.3) is 0 Å². The molecule has 0 spiro atoms. The minimum absolute atomic E-state index is 0.139. The van der Waals surface area contributed by atoms with Crippen molar-refractivity contribution >= 4 is 15.9 Å². The van der Waals surface area contributed by atoms with Gasteiger partial charge in [0, 0.05) is 0 Å². The summed E-state index contributed by atoms with van der Waals surface area (Å²) in [6.07, 6.45) is 1.65. The zero-order chi connectivity index (χ0) is 12.4. The van der Waals surface area contributed by atoms with Crippen LogP contribution in [0, 0.1) is 13.8 Å². The SMILES string of the molecule is Cc1ccc(C(NN)c2occc2Br)c(C)c1. The molecule has 0 saturated heterocycles. The van der Waals surface area contributed by atoms with Crippen molar-refractivity contribution in [1.82, 2.24) is 5.43 Å². The summed E-state index contributed by atoms with van der Waals surface area (Å²) in [6, 6.07) is 8.01. The van der Waals surface area contributed by atoms with Gasteiger partial charge in [-0.3, -0.25) is 5.84 Å². The van der Waals surface area contributed by atoms with Crippen LogP contribution < -0.4 is 11.3 Å². The number of rotatable bonds is 3. The van der Waals surface area contributed by atoms with Crippen LogP contribution in [0.25, 0.3) is 0 Å². The van der Waals surface area contributed by atoms with Crippen molar-refractivity contribution in [3.8, 4) is 0 Å². The smallest absolute Gasteiger partial charge is 0.140 e. The van der Waals surface area contributed by atoms with Crippen LogP contribution in [0.5, 0.6) is 0 Å². The molecule has 0 aliphatic heterocycles. The number of aryl methyl sites for hydroxylation is 2. The zero-order valence-corrected chi connectivity index (χ0v) is 11.4. The van der Waals surface area contributed by atoms with Gasteiger partial charge in [0.05, 0.1) is 10.7 Å². The lowest BCUT2D eigenvalue weighted by Crippen LogP contribution is -2.29. The Balaban J connectivity index is 2.46. The Bertz CT molecular complexity index is 522. The topological polar surface area (TPSA) is 51.2 Å². The Hall–Kier alpha value is -1.10. The number of hydrogen-bond acceptors (Lipinski definition) is 3. The first-order valence-corrected chi connectivity index (χ1v) is 6.19. The molecule has 0 amide bonds. The molecule has 0 fully saturated rings. The second kappa shape index (κ2) is 5.04. The predicted molar refractivity (Wildman–Crippen MR) is 71.5 cm³/mol. The number of furan rings is 1. The molecule has 4 heteroatoms. The molecule has 1 unspecified atom stereocenters. The van der Waals surface area contributed by atoms with Crippen LogP contribution in [-0.2, 0) is 0 Å². The van der Waals surface area contributed by atoms with E-state index in [-0.39, 0.29) is 6.04 Å². The van der Waals surface area contributed by atoms with Gasteiger partial charge in [0.1, 0.15) is 11.8 Å². The van der Waals surface area contributed by atoms with Crippen LogP contribution in [0.3, 0.4) is 0 Å². The van der Waals surface area contributed by atoms with Crippen molar-refractivity contribution in [3.63, 3.8) is 0 Å². The van der Waals surface area contributed by atoms with E-state index in [1.165, 1.54) is 11.1 Å².